The lowest BCUT2D eigenvalue weighted by Gasteiger charge is -2.21. The Morgan fingerprint density at radius 3 is 2.26 bits per heavy atom. The normalized spacial score (nSPS) is 16.0. The third kappa shape index (κ3) is 6.36. The van der Waals surface area contributed by atoms with Gasteiger partial charge >= 0.3 is 12.1 Å². The average Bonchev–Trinajstić information content (AvgIpc) is 3.63. The molecule has 1 unspecified atom stereocenters. The largest absolute Gasteiger partial charge is 0.481 e. The summed E-state index contributed by atoms with van der Waals surface area (Å²) < 4.78 is 5.59. The standard InChI is InChI=1S/C27H32N2O5S/c1-35-13-12-24(25(30)28-15-18(26(31)32)14-17-10-11-17)29-27(33)34-16-23-21-8-4-2-6-19(21)20-7-3-5-9-22(20)23/h2-9,17-18,23-24H,10-16H2,1H3,(H,28,30)(H,29,33)(H,31,32)/t18?,24-/m1/s1. The molecule has 2 aliphatic rings. The van der Waals surface area contributed by atoms with Crippen molar-refractivity contribution in [2.45, 2.75) is 37.6 Å². The molecule has 1 saturated carbocycles. The van der Waals surface area contributed by atoms with Gasteiger partial charge in [-0.3, -0.25) is 9.59 Å². The van der Waals surface area contributed by atoms with Crippen molar-refractivity contribution >= 4 is 29.7 Å². The summed E-state index contributed by atoms with van der Waals surface area (Å²) in [6.45, 7) is 0.228. The monoisotopic (exact) mass is 496 g/mol. The number of aliphatic carboxylic acids is 1. The van der Waals surface area contributed by atoms with Gasteiger partial charge in [0.05, 0.1) is 5.92 Å². The van der Waals surface area contributed by atoms with Gasteiger partial charge in [-0.25, -0.2) is 4.79 Å². The lowest BCUT2D eigenvalue weighted by molar-refractivity contribution is -0.142. The number of carbonyl (C=O) groups is 3. The van der Waals surface area contributed by atoms with Crippen molar-refractivity contribution in [1.29, 1.82) is 0 Å². The molecule has 0 heterocycles. The summed E-state index contributed by atoms with van der Waals surface area (Å²) in [6, 6.07) is 15.4. The molecular formula is C27H32N2O5S. The van der Waals surface area contributed by atoms with Gasteiger partial charge in [0.15, 0.2) is 0 Å². The van der Waals surface area contributed by atoms with Crippen LogP contribution in [0.5, 0.6) is 0 Å². The molecule has 35 heavy (non-hydrogen) atoms. The highest BCUT2D eigenvalue weighted by atomic mass is 32.2. The van der Waals surface area contributed by atoms with Gasteiger partial charge in [0.1, 0.15) is 12.6 Å². The van der Waals surface area contributed by atoms with E-state index in [1.807, 2.05) is 30.5 Å². The minimum Gasteiger partial charge on any atom is -0.481 e. The van der Waals surface area contributed by atoms with Crippen LogP contribution < -0.4 is 10.6 Å². The first-order chi connectivity index (χ1) is 17.0. The van der Waals surface area contributed by atoms with Crippen LogP contribution in [0.4, 0.5) is 4.79 Å². The minimum absolute atomic E-state index is 0.0623. The Balaban J connectivity index is 1.34. The fourth-order valence-electron chi connectivity index (χ4n) is 4.66. The second kappa shape index (κ2) is 11.6. The summed E-state index contributed by atoms with van der Waals surface area (Å²) in [5.41, 5.74) is 4.53. The van der Waals surface area contributed by atoms with Crippen LogP contribution in [-0.2, 0) is 14.3 Å². The molecule has 8 heteroatoms. The molecule has 2 amide bonds. The molecule has 0 aromatic heterocycles. The maximum Gasteiger partial charge on any atom is 0.407 e. The average molecular weight is 497 g/mol. The molecule has 2 atom stereocenters. The molecule has 0 radical (unpaired) electrons. The Bertz CT molecular complexity index is 1030. The molecule has 0 spiro atoms. The van der Waals surface area contributed by atoms with Gasteiger partial charge in [-0.15, -0.1) is 0 Å². The second-order valence-corrected chi connectivity index (χ2v) is 10.2. The number of thioether (sulfide) groups is 1. The number of carboxylic acid groups (broad SMARTS) is 1. The van der Waals surface area contributed by atoms with E-state index in [1.54, 1.807) is 11.8 Å². The Morgan fingerprint density at radius 1 is 1.06 bits per heavy atom. The van der Waals surface area contributed by atoms with Crippen LogP contribution >= 0.6 is 11.8 Å². The van der Waals surface area contributed by atoms with E-state index in [0.29, 0.717) is 24.5 Å². The molecular weight excluding hydrogens is 464 g/mol. The van der Waals surface area contributed by atoms with Crippen LogP contribution in [0.15, 0.2) is 48.5 Å². The molecule has 0 bridgehead atoms. The van der Waals surface area contributed by atoms with Crippen molar-refractivity contribution in [2.75, 3.05) is 25.2 Å². The summed E-state index contributed by atoms with van der Waals surface area (Å²) in [4.78, 5) is 37.0. The molecule has 4 rings (SSSR count). The minimum atomic E-state index is -0.901. The van der Waals surface area contributed by atoms with Crippen LogP contribution in [0, 0.1) is 11.8 Å². The number of hydrogen-bond acceptors (Lipinski definition) is 5. The van der Waals surface area contributed by atoms with Crippen molar-refractivity contribution in [1.82, 2.24) is 10.6 Å². The number of amides is 2. The molecule has 186 valence electrons. The van der Waals surface area contributed by atoms with Crippen LogP contribution in [0.2, 0.25) is 0 Å². The zero-order valence-electron chi connectivity index (χ0n) is 19.9. The Kier molecular flexibility index (Phi) is 8.33. The molecule has 2 aromatic carbocycles. The highest BCUT2D eigenvalue weighted by Gasteiger charge is 2.31. The highest BCUT2D eigenvalue weighted by Crippen LogP contribution is 2.44. The summed E-state index contributed by atoms with van der Waals surface area (Å²) in [5, 5.41) is 14.9. The smallest absolute Gasteiger partial charge is 0.407 e. The third-order valence-corrected chi connectivity index (χ3v) is 7.39. The van der Waals surface area contributed by atoms with Gasteiger partial charge < -0.3 is 20.5 Å². The quantitative estimate of drug-likeness (QED) is 0.406. The number of carboxylic acids is 1. The number of alkyl carbamates (subject to hydrolysis) is 1. The summed E-state index contributed by atoms with van der Waals surface area (Å²) in [5.74, 6) is -0.838. The Morgan fingerprint density at radius 2 is 1.69 bits per heavy atom. The van der Waals surface area contributed by atoms with E-state index in [0.717, 1.165) is 35.1 Å². The first-order valence-electron chi connectivity index (χ1n) is 12.1. The predicted molar refractivity (Wildman–Crippen MR) is 136 cm³/mol. The van der Waals surface area contributed by atoms with Gasteiger partial charge in [0, 0.05) is 12.5 Å². The summed E-state index contributed by atoms with van der Waals surface area (Å²) >= 11 is 1.57. The molecule has 1 fully saturated rings. The number of carbonyl (C=O) groups excluding carboxylic acids is 2. The maximum atomic E-state index is 12.8. The number of ether oxygens (including phenoxy) is 1. The summed E-state index contributed by atoms with van der Waals surface area (Å²) in [6.07, 6.45) is 4.39. The van der Waals surface area contributed by atoms with Crippen molar-refractivity contribution in [3.63, 3.8) is 0 Å². The molecule has 3 N–H and O–H groups in total. The van der Waals surface area contributed by atoms with Crippen molar-refractivity contribution in [2.24, 2.45) is 11.8 Å². The van der Waals surface area contributed by atoms with Gasteiger partial charge in [-0.2, -0.15) is 11.8 Å². The van der Waals surface area contributed by atoms with E-state index in [-0.39, 0.29) is 25.0 Å². The van der Waals surface area contributed by atoms with Gasteiger partial charge in [-0.05, 0) is 53.0 Å². The first-order valence-corrected chi connectivity index (χ1v) is 13.5. The topological polar surface area (TPSA) is 105 Å². The van der Waals surface area contributed by atoms with Gasteiger partial charge in [0.25, 0.3) is 0 Å². The zero-order valence-corrected chi connectivity index (χ0v) is 20.7. The van der Waals surface area contributed by atoms with E-state index < -0.39 is 24.0 Å². The SMILES string of the molecule is CSCC[C@@H](NC(=O)OCC1c2ccccc2-c2ccccc21)C(=O)NCC(CC1CC1)C(=O)O. The van der Waals surface area contributed by atoms with Crippen molar-refractivity contribution < 1.29 is 24.2 Å². The Hall–Kier alpha value is -3.00. The molecule has 0 aliphatic heterocycles. The number of rotatable bonds is 12. The van der Waals surface area contributed by atoms with Crippen LogP contribution in [0.1, 0.15) is 42.7 Å². The van der Waals surface area contributed by atoms with Crippen molar-refractivity contribution in [3.8, 4) is 11.1 Å². The van der Waals surface area contributed by atoms with Gasteiger partial charge in [-0.1, -0.05) is 61.4 Å². The van der Waals surface area contributed by atoms with Crippen LogP contribution in [-0.4, -0.2) is 54.3 Å². The molecule has 7 nitrogen and oxygen atoms in total. The first kappa shape index (κ1) is 25.1. The number of fused-ring (bicyclic) bond motifs is 3. The van der Waals surface area contributed by atoms with Crippen LogP contribution in [0.3, 0.4) is 0 Å². The third-order valence-electron chi connectivity index (χ3n) is 6.75. The fourth-order valence-corrected chi connectivity index (χ4v) is 5.13. The van der Waals surface area contributed by atoms with E-state index in [9.17, 15) is 19.5 Å². The molecule has 2 aliphatic carbocycles. The van der Waals surface area contributed by atoms with E-state index in [1.165, 1.54) is 0 Å². The Labute approximate surface area is 210 Å². The molecule has 0 saturated heterocycles. The fraction of sp³-hybridized carbons (Fsp3) is 0.444. The maximum absolute atomic E-state index is 12.8. The van der Waals surface area contributed by atoms with E-state index >= 15 is 0 Å². The summed E-state index contributed by atoms with van der Waals surface area (Å²) in [7, 11) is 0. The number of hydrogen-bond donors (Lipinski definition) is 3. The molecule has 2 aromatic rings. The lowest BCUT2D eigenvalue weighted by Crippen LogP contribution is -2.48. The predicted octanol–water partition coefficient (Wildman–Crippen LogP) is 4.26. The number of benzene rings is 2. The van der Waals surface area contributed by atoms with Crippen molar-refractivity contribution in [3.05, 3.63) is 59.7 Å². The zero-order chi connectivity index (χ0) is 24.8. The van der Waals surface area contributed by atoms with E-state index in [4.69, 9.17) is 4.74 Å². The second-order valence-electron chi connectivity index (χ2n) is 9.26. The lowest BCUT2D eigenvalue weighted by atomic mass is 9.98. The van der Waals surface area contributed by atoms with Crippen LogP contribution in [0.25, 0.3) is 11.1 Å². The number of nitrogens with one attached hydrogen (secondary N) is 2. The van der Waals surface area contributed by atoms with E-state index in [2.05, 4.69) is 34.9 Å². The van der Waals surface area contributed by atoms with Gasteiger partial charge in [0.2, 0.25) is 5.91 Å². The highest BCUT2D eigenvalue weighted by molar-refractivity contribution is 7.98.